The summed E-state index contributed by atoms with van der Waals surface area (Å²) >= 11 is 0. The number of hydrogen-bond donors (Lipinski definition) is 1. The summed E-state index contributed by atoms with van der Waals surface area (Å²) < 4.78 is 66.7. The van der Waals surface area contributed by atoms with Gasteiger partial charge in [-0.1, -0.05) is 140 Å². The van der Waals surface area contributed by atoms with Gasteiger partial charge in [-0.3, -0.25) is 0 Å². The van der Waals surface area contributed by atoms with Crippen LogP contribution in [0.4, 0.5) is 13.2 Å². The first-order valence-electron chi connectivity index (χ1n) is 20.4. The highest BCUT2D eigenvalue weighted by atomic mass is 28.4. The van der Waals surface area contributed by atoms with Crippen molar-refractivity contribution in [1.82, 2.24) is 0 Å². The standard InChI is InChI=1S/C46H63F3O5Si2/c1-10-11-25-38(46(47,48)49)39(53-55(8,9)44(2,3)4)29-28-37-36-24-18-19-32-26-27-33(43(50)51)30-40(32)52-41(36)31-42(37)54-56(45(5,6)7,34-20-14-12-15-21-34)35-22-16-13-17-23-35/h12-17,20-23,26-30,36-39,41-42H,10-11,18-19,24-25,31H2,1-9H3,(H,50,51)/b29-28+/t36-,37-,38?,39?,41+,42-/m1/s1. The van der Waals surface area contributed by atoms with Crippen LogP contribution in [0.1, 0.15) is 103 Å². The molecule has 0 spiro atoms. The van der Waals surface area contributed by atoms with Crippen molar-refractivity contribution >= 4 is 33.0 Å². The molecule has 2 aliphatic rings. The minimum Gasteiger partial charge on any atom is -0.490 e. The van der Waals surface area contributed by atoms with Crippen molar-refractivity contribution in [3.63, 3.8) is 0 Å². The SMILES string of the molecule is CCCCC(C(/C=C/[C@@H]1[C@H]2CCCc3ccc(C(=O)O)cc3O[C@H]2C[C@H]1O[Si](c1ccccc1)(c1ccccc1)C(C)(C)C)O[Si](C)(C)C(C)(C)C)C(F)(F)F. The summed E-state index contributed by atoms with van der Waals surface area (Å²) in [6.07, 6.45) is 1.33. The first-order chi connectivity index (χ1) is 26.2. The average Bonchev–Trinajstić information content (AvgIpc) is 3.41. The number of halogens is 3. The number of benzene rings is 3. The molecular weight excluding hydrogens is 746 g/mol. The lowest BCUT2D eigenvalue weighted by atomic mass is 9.86. The third kappa shape index (κ3) is 9.57. The number of rotatable bonds is 13. The molecule has 3 aromatic rings. The fourth-order valence-corrected chi connectivity index (χ4v) is 14.6. The van der Waals surface area contributed by atoms with E-state index in [9.17, 15) is 9.90 Å². The highest BCUT2D eigenvalue weighted by molar-refractivity contribution is 6.99. The second-order valence-corrected chi connectivity index (χ2v) is 27.5. The molecule has 6 atom stereocenters. The molecule has 1 aliphatic heterocycles. The molecule has 2 unspecified atom stereocenters. The van der Waals surface area contributed by atoms with Gasteiger partial charge >= 0.3 is 12.1 Å². The number of alkyl halides is 3. The molecule has 0 saturated heterocycles. The Morgan fingerprint density at radius 2 is 1.54 bits per heavy atom. The number of fused-ring (bicyclic) bond motifs is 2. The minimum atomic E-state index is -4.44. The summed E-state index contributed by atoms with van der Waals surface area (Å²) in [4.78, 5) is 12.0. The summed E-state index contributed by atoms with van der Waals surface area (Å²) in [6, 6.07) is 25.9. The Kier molecular flexibility index (Phi) is 13.6. The van der Waals surface area contributed by atoms with Gasteiger partial charge in [0.05, 0.1) is 23.7 Å². The van der Waals surface area contributed by atoms with Crippen molar-refractivity contribution in [3.8, 4) is 5.75 Å². The fraction of sp³-hybridized carbons (Fsp3) is 0.543. The molecule has 0 amide bonds. The van der Waals surface area contributed by atoms with Gasteiger partial charge in [-0.15, -0.1) is 0 Å². The maximum Gasteiger partial charge on any atom is 0.394 e. The summed E-state index contributed by atoms with van der Waals surface area (Å²) in [5.41, 5.74) is 1.12. The molecule has 0 aromatic heterocycles. The molecule has 1 N–H and O–H groups in total. The Morgan fingerprint density at radius 1 is 0.929 bits per heavy atom. The number of carbonyl (C=O) groups is 1. The Morgan fingerprint density at radius 3 is 2.05 bits per heavy atom. The van der Waals surface area contributed by atoms with Crippen molar-refractivity contribution in [2.24, 2.45) is 17.8 Å². The van der Waals surface area contributed by atoms with Gasteiger partial charge in [0.2, 0.25) is 0 Å². The molecular formula is C46H63F3O5Si2. The molecule has 5 rings (SSSR count). The van der Waals surface area contributed by atoms with E-state index in [1.54, 1.807) is 18.2 Å². The van der Waals surface area contributed by atoms with Crippen molar-refractivity contribution in [2.75, 3.05) is 0 Å². The van der Waals surface area contributed by atoms with E-state index >= 15 is 13.2 Å². The van der Waals surface area contributed by atoms with Crippen LogP contribution in [-0.4, -0.2) is 52.2 Å². The van der Waals surface area contributed by atoms with Crippen LogP contribution in [0.25, 0.3) is 0 Å². The maximum atomic E-state index is 15.1. The predicted molar refractivity (Wildman–Crippen MR) is 225 cm³/mol. The molecule has 5 nitrogen and oxygen atoms in total. The first-order valence-corrected chi connectivity index (χ1v) is 25.3. The van der Waals surface area contributed by atoms with Crippen LogP contribution < -0.4 is 15.1 Å². The third-order valence-electron chi connectivity index (χ3n) is 12.6. The third-order valence-corrected chi connectivity index (χ3v) is 22.2. The Balaban J connectivity index is 1.68. The number of ether oxygens (including phenoxy) is 1. The normalized spacial score (nSPS) is 22.1. The van der Waals surface area contributed by atoms with Crippen LogP contribution in [0.15, 0.2) is 91.0 Å². The van der Waals surface area contributed by atoms with Gasteiger partial charge in [0.15, 0.2) is 8.32 Å². The molecule has 10 heteroatoms. The highest BCUT2D eigenvalue weighted by Gasteiger charge is 2.55. The zero-order chi connectivity index (χ0) is 41.1. The molecule has 306 valence electrons. The number of carboxylic acids is 1. The highest BCUT2D eigenvalue weighted by Crippen LogP contribution is 2.48. The number of hydrogen-bond acceptors (Lipinski definition) is 4. The van der Waals surface area contributed by atoms with E-state index in [1.807, 2.05) is 68.6 Å². The van der Waals surface area contributed by atoms with Crippen LogP contribution in [0.3, 0.4) is 0 Å². The van der Waals surface area contributed by atoms with Gasteiger partial charge < -0.3 is 18.7 Å². The predicted octanol–water partition coefficient (Wildman–Crippen LogP) is 11.4. The van der Waals surface area contributed by atoms with E-state index in [4.69, 9.17) is 13.6 Å². The minimum absolute atomic E-state index is 0.00581. The van der Waals surface area contributed by atoms with Crippen molar-refractivity contribution < 1.29 is 36.7 Å². The van der Waals surface area contributed by atoms with Gasteiger partial charge in [-0.25, -0.2) is 4.79 Å². The van der Waals surface area contributed by atoms with Crippen LogP contribution in [0.5, 0.6) is 5.75 Å². The van der Waals surface area contributed by atoms with Gasteiger partial charge in [-0.05, 0) is 76.9 Å². The topological polar surface area (TPSA) is 65.0 Å². The van der Waals surface area contributed by atoms with Crippen LogP contribution >= 0.6 is 0 Å². The fourth-order valence-electron chi connectivity index (χ4n) is 8.55. The van der Waals surface area contributed by atoms with E-state index in [0.717, 1.165) is 28.8 Å². The van der Waals surface area contributed by atoms with Crippen molar-refractivity contribution in [1.29, 1.82) is 0 Å². The smallest absolute Gasteiger partial charge is 0.394 e. The summed E-state index contributed by atoms with van der Waals surface area (Å²) in [6.45, 7) is 18.8. The lowest BCUT2D eigenvalue weighted by molar-refractivity contribution is -0.194. The molecule has 0 bridgehead atoms. The van der Waals surface area contributed by atoms with Gasteiger partial charge in [0.1, 0.15) is 11.9 Å². The maximum absolute atomic E-state index is 15.1. The second-order valence-electron chi connectivity index (χ2n) is 18.5. The van der Waals surface area contributed by atoms with E-state index in [1.165, 1.54) is 0 Å². The number of carboxylic acid groups (broad SMARTS) is 1. The van der Waals surface area contributed by atoms with Crippen LogP contribution in [-0.2, 0) is 15.3 Å². The Hall–Kier alpha value is -3.19. The van der Waals surface area contributed by atoms with Crippen molar-refractivity contribution in [2.45, 2.75) is 141 Å². The molecule has 56 heavy (non-hydrogen) atoms. The summed E-state index contributed by atoms with van der Waals surface area (Å²) in [5.74, 6) is -2.47. The van der Waals surface area contributed by atoms with Gasteiger partial charge in [-0.2, -0.15) is 13.2 Å². The van der Waals surface area contributed by atoms with Gasteiger partial charge in [0, 0.05) is 18.3 Å². The first kappa shape index (κ1) is 43.9. The zero-order valence-corrected chi connectivity index (χ0v) is 36.8. The quantitative estimate of drug-likeness (QED) is 0.138. The lowest BCUT2D eigenvalue weighted by Gasteiger charge is -2.45. The molecule has 3 aromatic carbocycles. The van der Waals surface area contributed by atoms with E-state index in [2.05, 4.69) is 65.8 Å². The number of aromatic carboxylic acids is 1. The van der Waals surface area contributed by atoms with Crippen LogP contribution in [0.2, 0.25) is 23.2 Å². The Labute approximate surface area is 335 Å². The van der Waals surface area contributed by atoms with Crippen LogP contribution in [0, 0.1) is 17.8 Å². The van der Waals surface area contributed by atoms with E-state index in [-0.39, 0.29) is 40.0 Å². The molecule has 1 heterocycles. The average molecular weight is 809 g/mol. The number of unbranched alkanes of at least 4 members (excludes halogenated alkanes) is 1. The number of aryl methyl sites for hydroxylation is 1. The zero-order valence-electron chi connectivity index (χ0n) is 34.8. The molecule has 1 saturated carbocycles. The summed E-state index contributed by atoms with van der Waals surface area (Å²) in [7, 11) is -5.75. The van der Waals surface area contributed by atoms with Crippen molar-refractivity contribution in [3.05, 3.63) is 102 Å². The van der Waals surface area contributed by atoms with E-state index in [0.29, 0.717) is 31.4 Å². The summed E-state index contributed by atoms with van der Waals surface area (Å²) in [5, 5.41) is 11.5. The second kappa shape index (κ2) is 17.3. The molecule has 1 aliphatic carbocycles. The van der Waals surface area contributed by atoms with Gasteiger partial charge in [0.25, 0.3) is 8.32 Å². The largest absolute Gasteiger partial charge is 0.490 e. The molecule has 1 fully saturated rings. The monoisotopic (exact) mass is 808 g/mol. The van der Waals surface area contributed by atoms with E-state index < -0.39 is 46.9 Å². The lowest BCUT2D eigenvalue weighted by Crippen LogP contribution is -2.68. The Bertz CT molecular complexity index is 1740. The molecule has 0 radical (unpaired) electrons.